The van der Waals surface area contributed by atoms with E-state index in [0.717, 1.165) is 38.5 Å². The van der Waals surface area contributed by atoms with E-state index in [1.54, 1.807) is 6.08 Å². The first-order valence-electron chi connectivity index (χ1n) is 32.9. The minimum atomic E-state index is -1.79. The van der Waals surface area contributed by atoms with Crippen molar-refractivity contribution in [1.82, 2.24) is 5.32 Å². The topological polar surface area (TPSA) is 228 Å². The fourth-order valence-corrected chi connectivity index (χ4v) is 10.7. The highest BCUT2D eigenvalue weighted by atomic mass is 16.7. The van der Waals surface area contributed by atoms with Gasteiger partial charge in [0.15, 0.2) is 12.6 Å². The molecule has 9 N–H and O–H groups in total. The van der Waals surface area contributed by atoms with Gasteiger partial charge in [-0.3, -0.25) is 4.79 Å². The molecular formula is C66H121NO13. The average Bonchev–Trinajstić information content (AvgIpc) is 3.49. The highest BCUT2D eigenvalue weighted by molar-refractivity contribution is 5.76. The lowest BCUT2D eigenvalue weighted by Crippen LogP contribution is -2.65. The predicted molar refractivity (Wildman–Crippen MR) is 323 cm³/mol. The van der Waals surface area contributed by atoms with E-state index in [1.165, 1.54) is 199 Å². The summed E-state index contributed by atoms with van der Waals surface area (Å²) in [5.41, 5.74) is 0. The van der Waals surface area contributed by atoms with Crippen molar-refractivity contribution in [3.63, 3.8) is 0 Å². The van der Waals surface area contributed by atoms with Crippen molar-refractivity contribution in [3.8, 4) is 0 Å². The van der Waals surface area contributed by atoms with E-state index < -0.39 is 86.8 Å². The lowest BCUT2D eigenvalue weighted by molar-refractivity contribution is -0.359. The van der Waals surface area contributed by atoms with Crippen LogP contribution in [0.4, 0.5) is 0 Å². The van der Waals surface area contributed by atoms with E-state index in [9.17, 15) is 45.6 Å². The van der Waals surface area contributed by atoms with Crippen LogP contribution in [0.3, 0.4) is 0 Å². The second-order valence-corrected chi connectivity index (χ2v) is 23.2. The molecule has 2 fully saturated rings. The number of nitrogens with one attached hydrogen (secondary N) is 1. The van der Waals surface area contributed by atoms with Gasteiger partial charge in [-0.15, -0.1) is 0 Å². The van der Waals surface area contributed by atoms with Crippen LogP contribution in [0.25, 0.3) is 0 Å². The first-order chi connectivity index (χ1) is 39.1. The zero-order valence-corrected chi connectivity index (χ0v) is 50.6. The van der Waals surface area contributed by atoms with Crippen molar-refractivity contribution in [2.45, 2.75) is 344 Å². The van der Waals surface area contributed by atoms with Gasteiger partial charge in [-0.2, -0.15) is 0 Å². The molecule has 1 amide bonds. The zero-order valence-electron chi connectivity index (χ0n) is 50.6. The van der Waals surface area contributed by atoms with Crippen molar-refractivity contribution in [1.29, 1.82) is 0 Å². The summed E-state index contributed by atoms with van der Waals surface area (Å²) < 4.78 is 22.8. The molecule has 0 aromatic rings. The van der Waals surface area contributed by atoms with Crippen molar-refractivity contribution in [2.24, 2.45) is 0 Å². The molecule has 80 heavy (non-hydrogen) atoms. The summed E-state index contributed by atoms with van der Waals surface area (Å²) in [6.07, 6.45) is 48.7. The molecule has 0 aromatic heterocycles. The summed E-state index contributed by atoms with van der Waals surface area (Å²) in [6, 6.07) is -0.933. The molecular weight excluding hydrogens is 1010 g/mol. The molecule has 468 valence electrons. The van der Waals surface area contributed by atoms with Crippen molar-refractivity contribution < 1.29 is 64.6 Å². The summed E-state index contributed by atoms with van der Waals surface area (Å²) in [4.78, 5) is 13.3. The van der Waals surface area contributed by atoms with Gasteiger partial charge < -0.3 is 65.1 Å². The van der Waals surface area contributed by atoms with Crippen molar-refractivity contribution in [3.05, 3.63) is 48.6 Å². The number of aliphatic hydroxyl groups is 8. The van der Waals surface area contributed by atoms with E-state index in [-0.39, 0.29) is 18.9 Å². The van der Waals surface area contributed by atoms with Crippen LogP contribution in [0.2, 0.25) is 0 Å². The smallest absolute Gasteiger partial charge is 0.220 e. The molecule has 2 aliphatic rings. The van der Waals surface area contributed by atoms with Gasteiger partial charge in [0.2, 0.25) is 5.91 Å². The number of hydrogen-bond donors (Lipinski definition) is 9. The Morgan fingerprint density at radius 3 is 1.30 bits per heavy atom. The molecule has 12 unspecified atom stereocenters. The Morgan fingerprint density at radius 2 is 0.838 bits per heavy atom. The maximum Gasteiger partial charge on any atom is 0.220 e. The van der Waals surface area contributed by atoms with Gasteiger partial charge in [0, 0.05) is 6.42 Å². The molecule has 14 nitrogen and oxygen atoms in total. The Hall–Kier alpha value is -2.05. The molecule has 2 saturated heterocycles. The average molecular weight is 1140 g/mol. The van der Waals surface area contributed by atoms with Gasteiger partial charge >= 0.3 is 0 Å². The lowest BCUT2D eigenvalue weighted by Gasteiger charge is -2.46. The molecule has 2 heterocycles. The summed E-state index contributed by atoms with van der Waals surface area (Å²) in [6.45, 7) is 2.80. The number of unbranched alkanes of at least 4 members (excludes halogenated alkanes) is 34. The third-order valence-electron chi connectivity index (χ3n) is 16.0. The molecule has 14 heteroatoms. The summed E-state index contributed by atoms with van der Waals surface area (Å²) in [5, 5.41) is 87.3. The Bertz CT molecular complexity index is 1530. The van der Waals surface area contributed by atoms with E-state index in [4.69, 9.17) is 18.9 Å². The first-order valence-corrected chi connectivity index (χ1v) is 32.9. The standard InChI is InChI=1S/C66H121NO13/c1-3-5-7-9-11-13-15-17-19-21-23-25-26-27-28-30-32-34-36-38-40-42-44-46-48-50-58(71)67-54(55(70)49-47-45-43-41-39-37-35-33-31-29-24-22-20-18-16-14-12-10-8-6-4-2)53-77-65-63(76)61(74)64(57(52-69)79-65)80-66-62(75)60(73)59(72)56(51-68)78-66/h15,17,21,23,39,41,47,49,54-57,59-66,68-70,72-76H,3-14,16,18-20,22,24-38,40,42-46,48,50-53H2,1-2H3,(H,67,71)/b17-15-,23-21-,41-39+,49-47+. The van der Waals surface area contributed by atoms with Crippen LogP contribution in [0.5, 0.6) is 0 Å². The van der Waals surface area contributed by atoms with Gasteiger partial charge in [-0.05, 0) is 64.2 Å². The number of ether oxygens (including phenoxy) is 4. The zero-order chi connectivity index (χ0) is 58.1. The Balaban J connectivity index is 1.73. The molecule has 0 bridgehead atoms. The maximum atomic E-state index is 13.3. The van der Waals surface area contributed by atoms with Gasteiger partial charge in [-0.25, -0.2) is 0 Å². The second-order valence-electron chi connectivity index (χ2n) is 23.2. The third-order valence-corrected chi connectivity index (χ3v) is 16.0. The number of amides is 1. The van der Waals surface area contributed by atoms with Gasteiger partial charge in [0.1, 0.15) is 48.8 Å². The third kappa shape index (κ3) is 35.9. The van der Waals surface area contributed by atoms with Gasteiger partial charge in [-0.1, -0.05) is 249 Å². The SMILES string of the molecule is CCCCCCC/C=C\C/C=C\CCCCCCCCCCCCCCCC(=O)NC(COC1OC(CO)C(OC2OC(CO)C(O)C(O)C2O)C(O)C1O)C(O)/C=C/CC/C=C/CCCCCCCCCCCCCCCCC. The molecule has 2 aliphatic heterocycles. The fourth-order valence-electron chi connectivity index (χ4n) is 10.7. The number of allylic oxidation sites excluding steroid dienone is 7. The highest BCUT2D eigenvalue weighted by Crippen LogP contribution is 2.30. The van der Waals surface area contributed by atoms with Gasteiger partial charge in [0.05, 0.1) is 32.0 Å². The fraction of sp³-hybridized carbons (Fsp3) is 0.864. The minimum Gasteiger partial charge on any atom is -0.394 e. The molecule has 0 spiro atoms. The Kier molecular flexibility index (Phi) is 47.6. The van der Waals surface area contributed by atoms with Crippen LogP contribution in [0.1, 0.15) is 271 Å². The van der Waals surface area contributed by atoms with Crippen LogP contribution >= 0.6 is 0 Å². The van der Waals surface area contributed by atoms with E-state index in [1.807, 2.05) is 6.08 Å². The maximum absolute atomic E-state index is 13.3. The predicted octanol–water partition coefficient (Wildman–Crippen LogP) is 12.3. The number of hydrogen-bond acceptors (Lipinski definition) is 13. The van der Waals surface area contributed by atoms with Crippen LogP contribution < -0.4 is 5.32 Å². The Morgan fingerprint density at radius 1 is 0.450 bits per heavy atom. The van der Waals surface area contributed by atoms with Crippen molar-refractivity contribution in [2.75, 3.05) is 19.8 Å². The largest absolute Gasteiger partial charge is 0.394 e. The molecule has 0 saturated carbocycles. The normalized spacial score (nSPS) is 24.5. The van der Waals surface area contributed by atoms with Crippen molar-refractivity contribution >= 4 is 5.91 Å². The van der Waals surface area contributed by atoms with E-state index in [2.05, 4.69) is 55.6 Å². The quantitative estimate of drug-likeness (QED) is 0.0204. The van der Waals surface area contributed by atoms with Crippen LogP contribution in [-0.4, -0.2) is 140 Å². The molecule has 12 atom stereocenters. The number of aliphatic hydroxyl groups excluding tert-OH is 8. The second kappa shape index (κ2) is 51.4. The number of rotatable bonds is 53. The molecule has 0 aliphatic carbocycles. The summed E-state index contributed by atoms with van der Waals surface area (Å²) in [5.74, 6) is -0.248. The van der Waals surface area contributed by atoms with Crippen LogP contribution in [0, 0.1) is 0 Å². The molecule has 0 aromatic carbocycles. The van der Waals surface area contributed by atoms with Crippen LogP contribution in [0.15, 0.2) is 48.6 Å². The van der Waals surface area contributed by atoms with Crippen LogP contribution in [-0.2, 0) is 23.7 Å². The number of carbonyl (C=O) groups excluding carboxylic acids is 1. The number of carbonyl (C=O) groups is 1. The molecule has 0 radical (unpaired) electrons. The highest BCUT2D eigenvalue weighted by Gasteiger charge is 2.51. The summed E-state index contributed by atoms with van der Waals surface area (Å²) in [7, 11) is 0. The minimum absolute atomic E-state index is 0.248. The Labute approximate surface area is 486 Å². The molecule has 2 rings (SSSR count). The summed E-state index contributed by atoms with van der Waals surface area (Å²) >= 11 is 0. The van der Waals surface area contributed by atoms with E-state index in [0.29, 0.717) is 12.8 Å². The van der Waals surface area contributed by atoms with E-state index >= 15 is 0 Å². The monoisotopic (exact) mass is 1140 g/mol. The van der Waals surface area contributed by atoms with Gasteiger partial charge in [0.25, 0.3) is 0 Å². The lowest BCUT2D eigenvalue weighted by atomic mass is 9.97. The first kappa shape index (κ1) is 74.1.